The highest BCUT2D eigenvalue weighted by Gasteiger charge is 2.21. The minimum absolute atomic E-state index is 0.0304. The van der Waals surface area contributed by atoms with Crippen LogP contribution in [-0.2, 0) is 6.54 Å². The van der Waals surface area contributed by atoms with Gasteiger partial charge in [0.2, 0.25) is 6.43 Å². The zero-order valence-corrected chi connectivity index (χ0v) is 17.2. The van der Waals surface area contributed by atoms with E-state index in [0.29, 0.717) is 6.54 Å². The zero-order chi connectivity index (χ0) is 19.8. The Morgan fingerprint density at radius 2 is 1.81 bits per heavy atom. The van der Waals surface area contributed by atoms with Crippen molar-refractivity contribution in [3.05, 3.63) is 34.4 Å². The molecule has 1 aromatic rings. The Hall–Kier alpha value is -1.46. The molecular weight excluding hydrogens is 346 g/mol. The second kappa shape index (κ2) is 10.8. The van der Waals surface area contributed by atoms with Gasteiger partial charge in [-0.15, -0.1) is 0 Å². The minimum Gasteiger partial charge on any atom is -0.496 e. The largest absolute Gasteiger partial charge is 0.496 e. The van der Waals surface area contributed by atoms with Crippen molar-refractivity contribution in [1.82, 2.24) is 9.80 Å². The Morgan fingerprint density at radius 3 is 2.41 bits per heavy atom. The molecule has 1 saturated heterocycles. The number of ether oxygens (including phenoxy) is 1. The van der Waals surface area contributed by atoms with E-state index in [1.165, 1.54) is 22.3 Å². The fourth-order valence-electron chi connectivity index (χ4n) is 3.58. The first kappa shape index (κ1) is 21.8. The lowest BCUT2D eigenvalue weighted by Crippen LogP contribution is -2.46. The van der Waals surface area contributed by atoms with Crippen molar-refractivity contribution >= 4 is 6.08 Å². The summed E-state index contributed by atoms with van der Waals surface area (Å²) in [5.74, 6) is 0.939. The second-order valence-electron chi connectivity index (χ2n) is 7.40. The molecule has 0 unspecified atom stereocenters. The highest BCUT2D eigenvalue weighted by molar-refractivity contribution is 5.63. The van der Waals surface area contributed by atoms with Gasteiger partial charge in [-0.3, -0.25) is 4.90 Å². The summed E-state index contributed by atoms with van der Waals surface area (Å²) < 4.78 is 30.5. The van der Waals surface area contributed by atoms with Crippen LogP contribution in [0.2, 0.25) is 0 Å². The van der Waals surface area contributed by atoms with E-state index in [2.05, 4.69) is 48.8 Å². The number of unbranched alkanes of at least 4 members (excludes halogenated alkanes) is 1. The molecule has 0 aromatic heterocycles. The van der Waals surface area contributed by atoms with Crippen molar-refractivity contribution in [1.29, 1.82) is 0 Å². The Labute approximate surface area is 163 Å². The number of aryl methyl sites for hydroxylation is 1. The minimum atomic E-state index is -2.21. The summed E-state index contributed by atoms with van der Waals surface area (Å²) >= 11 is 0. The lowest BCUT2D eigenvalue weighted by Gasteiger charge is -2.35. The summed E-state index contributed by atoms with van der Waals surface area (Å²) in [5, 5.41) is 0. The number of halogens is 2. The van der Waals surface area contributed by atoms with Crippen LogP contribution in [0, 0.1) is 13.8 Å². The topological polar surface area (TPSA) is 15.7 Å². The van der Waals surface area contributed by atoms with Gasteiger partial charge < -0.3 is 9.64 Å². The van der Waals surface area contributed by atoms with Crippen LogP contribution in [0.25, 0.3) is 6.08 Å². The van der Waals surface area contributed by atoms with E-state index in [0.717, 1.165) is 51.3 Å². The molecule has 1 aliphatic heterocycles. The molecule has 0 radical (unpaired) electrons. The smallest absolute Gasteiger partial charge is 0.239 e. The molecule has 152 valence electrons. The quantitative estimate of drug-likeness (QED) is 0.606. The van der Waals surface area contributed by atoms with Gasteiger partial charge in [0.15, 0.2) is 0 Å². The standard InChI is InChI=1S/C22H34F2N2O/c1-5-6-7-8-19-18(3)17(2)15-21(27-4)20(19)16-26-13-11-25(12-14-26)10-9-22(23)24/h7-8,15,22H,5-6,9-14,16H2,1-4H3/b8-7-. The number of hydrogen-bond donors (Lipinski definition) is 0. The Morgan fingerprint density at radius 1 is 1.15 bits per heavy atom. The maximum Gasteiger partial charge on any atom is 0.239 e. The van der Waals surface area contributed by atoms with E-state index in [1.807, 2.05) is 0 Å². The SMILES string of the molecule is CCC/C=C\c1c(C)c(C)cc(OC)c1CN1CCN(CCC(F)F)CC1. The average molecular weight is 381 g/mol. The fourth-order valence-corrected chi connectivity index (χ4v) is 3.58. The Bertz CT molecular complexity index is 623. The summed E-state index contributed by atoms with van der Waals surface area (Å²) in [6.45, 7) is 11.3. The number of methoxy groups -OCH3 is 1. The van der Waals surface area contributed by atoms with Gasteiger partial charge in [0.1, 0.15) is 5.75 Å². The molecule has 3 nitrogen and oxygen atoms in total. The second-order valence-corrected chi connectivity index (χ2v) is 7.40. The van der Waals surface area contributed by atoms with Crippen molar-refractivity contribution in [3.63, 3.8) is 0 Å². The van der Waals surface area contributed by atoms with Crippen LogP contribution < -0.4 is 4.74 Å². The summed E-state index contributed by atoms with van der Waals surface area (Å²) in [7, 11) is 1.73. The monoisotopic (exact) mass is 380 g/mol. The molecule has 1 heterocycles. The van der Waals surface area contributed by atoms with Crippen molar-refractivity contribution in [2.24, 2.45) is 0 Å². The average Bonchev–Trinajstić information content (AvgIpc) is 2.66. The van der Waals surface area contributed by atoms with E-state index in [1.54, 1.807) is 7.11 Å². The molecule has 0 amide bonds. The first-order valence-electron chi connectivity index (χ1n) is 10.0. The maximum atomic E-state index is 12.4. The number of rotatable bonds is 9. The number of hydrogen-bond acceptors (Lipinski definition) is 3. The highest BCUT2D eigenvalue weighted by Crippen LogP contribution is 2.31. The van der Waals surface area contributed by atoms with E-state index in [-0.39, 0.29) is 6.42 Å². The maximum absolute atomic E-state index is 12.4. The lowest BCUT2D eigenvalue weighted by molar-refractivity contribution is 0.0864. The Kier molecular flexibility index (Phi) is 8.71. The van der Waals surface area contributed by atoms with Gasteiger partial charge in [-0.1, -0.05) is 25.5 Å². The molecule has 1 aliphatic rings. The third-order valence-electron chi connectivity index (χ3n) is 5.44. The molecule has 0 aliphatic carbocycles. The van der Waals surface area contributed by atoms with Crippen molar-refractivity contribution in [2.75, 3.05) is 39.8 Å². The van der Waals surface area contributed by atoms with Gasteiger partial charge in [-0.25, -0.2) is 8.78 Å². The third kappa shape index (κ3) is 6.28. The Balaban J connectivity index is 2.12. The first-order chi connectivity index (χ1) is 13.0. The predicted molar refractivity (Wildman–Crippen MR) is 109 cm³/mol. The van der Waals surface area contributed by atoms with Gasteiger partial charge >= 0.3 is 0 Å². The number of piperazine rings is 1. The van der Waals surface area contributed by atoms with E-state index in [9.17, 15) is 8.78 Å². The highest BCUT2D eigenvalue weighted by atomic mass is 19.3. The van der Waals surface area contributed by atoms with Crippen LogP contribution in [0.5, 0.6) is 5.75 Å². The van der Waals surface area contributed by atoms with Crippen LogP contribution in [0.3, 0.4) is 0 Å². The third-order valence-corrected chi connectivity index (χ3v) is 5.44. The van der Waals surface area contributed by atoms with Crippen molar-refractivity contribution in [2.45, 2.75) is 53.0 Å². The van der Waals surface area contributed by atoms with Gasteiger partial charge in [0.25, 0.3) is 0 Å². The van der Waals surface area contributed by atoms with Crippen molar-refractivity contribution in [3.8, 4) is 5.75 Å². The van der Waals surface area contributed by atoms with Crippen LogP contribution in [-0.4, -0.2) is 56.1 Å². The molecule has 1 aromatic carbocycles. The van der Waals surface area contributed by atoms with Crippen LogP contribution >= 0.6 is 0 Å². The van der Waals surface area contributed by atoms with Gasteiger partial charge in [-0.2, -0.15) is 0 Å². The fraction of sp³-hybridized carbons (Fsp3) is 0.636. The normalized spacial score (nSPS) is 16.6. The summed E-state index contributed by atoms with van der Waals surface area (Å²) in [5.41, 5.74) is 5.03. The molecule has 0 saturated carbocycles. The molecule has 27 heavy (non-hydrogen) atoms. The predicted octanol–water partition coefficient (Wildman–Crippen LogP) is 4.90. The van der Waals surface area contributed by atoms with Crippen LogP contribution in [0.1, 0.15) is 48.4 Å². The molecule has 0 bridgehead atoms. The van der Waals surface area contributed by atoms with Crippen molar-refractivity contribution < 1.29 is 13.5 Å². The number of alkyl halides is 2. The van der Waals surface area contributed by atoms with E-state index in [4.69, 9.17) is 4.74 Å². The molecule has 0 spiro atoms. The zero-order valence-electron chi connectivity index (χ0n) is 17.2. The van der Waals surface area contributed by atoms with E-state index < -0.39 is 6.43 Å². The van der Waals surface area contributed by atoms with Crippen LogP contribution in [0.4, 0.5) is 8.78 Å². The molecule has 2 rings (SSSR count). The molecule has 0 N–H and O–H groups in total. The van der Waals surface area contributed by atoms with Gasteiger partial charge in [-0.05, 0) is 43.0 Å². The van der Waals surface area contributed by atoms with Crippen LogP contribution in [0.15, 0.2) is 12.1 Å². The van der Waals surface area contributed by atoms with E-state index >= 15 is 0 Å². The first-order valence-corrected chi connectivity index (χ1v) is 10.0. The molecular formula is C22H34F2N2O. The summed E-state index contributed by atoms with van der Waals surface area (Å²) in [6, 6.07) is 2.13. The summed E-state index contributed by atoms with van der Waals surface area (Å²) in [4.78, 5) is 4.55. The molecule has 0 atom stereocenters. The molecule has 1 fully saturated rings. The lowest BCUT2D eigenvalue weighted by atomic mass is 9.95. The number of nitrogens with zero attached hydrogens (tertiary/aromatic N) is 2. The van der Waals surface area contributed by atoms with Gasteiger partial charge in [0.05, 0.1) is 7.11 Å². The van der Waals surface area contributed by atoms with Gasteiger partial charge in [0, 0.05) is 51.3 Å². The molecule has 5 heteroatoms. The number of allylic oxidation sites excluding steroid dienone is 1. The number of benzene rings is 1. The summed E-state index contributed by atoms with van der Waals surface area (Å²) in [6.07, 6.45) is 4.44.